The van der Waals surface area contributed by atoms with E-state index in [1.54, 1.807) is 18.3 Å². The molecular weight excluding hydrogens is 371 g/mol. The molecule has 2 N–H and O–H groups in total. The molecule has 0 radical (unpaired) electrons. The molecule has 0 bridgehead atoms. The molecule has 0 atom stereocenters. The first kappa shape index (κ1) is 18.9. The van der Waals surface area contributed by atoms with Crippen LogP contribution in [0.5, 0.6) is 0 Å². The molecule has 1 aliphatic rings. The first-order chi connectivity index (χ1) is 14.0. The zero-order chi connectivity index (χ0) is 20.4. The molecule has 0 aliphatic heterocycles. The summed E-state index contributed by atoms with van der Waals surface area (Å²) in [6.07, 6.45) is 3.57. The minimum Gasteiger partial charge on any atom is -0.352 e. The molecule has 1 aromatic heterocycles. The van der Waals surface area contributed by atoms with Crippen LogP contribution in [0.1, 0.15) is 28.8 Å². The molecule has 2 aromatic carbocycles. The van der Waals surface area contributed by atoms with Crippen molar-refractivity contribution in [3.8, 4) is 16.9 Å². The average molecular weight is 392 g/mol. The maximum Gasteiger partial charge on any atom is 0.255 e. The summed E-state index contributed by atoms with van der Waals surface area (Å²) in [7, 11) is 0. The minimum absolute atomic E-state index is 0.0929. The Bertz CT molecular complexity index is 1040. The number of nitrogens with zero attached hydrogens (tertiary/aromatic N) is 2. The van der Waals surface area contributed by atoms with E-state index in [1.807, 2.05) is 31.2 Å². The molecule has 6 nitrogen and oxygen atoms in total. The Morgan fingerprint density at radius 2 is 1.79 bits per heavy atom. The molecule has 7 heteroatoms. The standard InChI is InChI=1S/C22H21FN4O2/c1-14-2-4-15(5-3-14)21-19(22(29)24-12-20(28)25-17-8-9-17)13-27(26-21)18-10-6-16(23)7-11-18/h2-7,10-11,13,17H,8-9,12H2,1H3,(H,24,29)(H,25,28). The number of carbonyl (C=O) groups is 2. The van der Waals surface area contributed by atoms with Crippen LogP contribution in [0.4, 0.5) is 4.39 Å². The number of carbonyl (C=O) groups excluding carboxylic acids is 2. The third kappa shape index (κ3) is 4.51. The predicted molar refractivity (Wildman–Crippen MR) is 107 cm³/mol. The fourth-order valence-corrected chi connectivity index (χ4v) is 2.95. The van der Waals surface area contributed by atoms with Gasteiger partial charge in [0, 0.05) is 17.8 Å². The van der Waals surface area contributed by atoms with Gasteiger partial charge in [-0.05, 0) is 44.0 Å². The van der Waals surface area contributed by atoms with E-state index in [0.29, 0.717) is 16.9 Å². The van der Waals surface area contributed by atoms with Gasteiger partial charge < -0.3 is 10.6 Å². The minimum atomic E-state index is -0.389. The maximum absolute atomic E-state index is 13.3. The Labute approximate surface area is 167 Å². The molecule has 0 spiro atoms. The van der Waals surface area contributed by atoms with Crippen LogP contribution in [-0.2, 0) is 4.79 Å². The second-order valence-corrected chi connectivity index (χ2v) is 7.20. The maximum atomic E-state index is 13.3. The van der Waals surface area contributed by atoms with E-state index >= 15 is 0 Å². The fourth-order valence-electron chi connectivity index (χ4n) is 2.95. The van der Waals surface area contributed by atoms with Crippen molar-refractivity contribution in [2.45, 2.75) is 25.8 Å². The van der Waals surface area contributed by atoms with Crippen molar-refractivity contribution in [2.75, 3.05) is 6.54 Å². The van der Waals surface area contributed by atoms with Crippen molar-refractivity contribution < 1.29 is 14.0 Å². The smallest absolute Gasteiger partial charge is 0.255 e. The van der Waals surface area contributed by atoms with E-state index in [9.17, 15) is 14.0 Å². The third-order valence-corrected chi connectivity index (χ3v) is 4.73. The molecule has 2 amide bonds. The topological polar surface area (TPSA) is 76.0 Å². The van der Waals surface area contributed by atoms with Gasteiger partial charge in [-0.25, -0.2) is 9.07 Å². The van der Waals surface area contributed by atoms with Gasteiger partial charge in [-0.3, -0.25) is 9.59 Å². The van der Waals surface area contributed by atoms with E-state index in [-0.39, 0.29) is 30.2 Å². The number of halogens is 1. The zero-order valence-electron chi connectivity index (χ0n) is 16.0. The van der Waals surface area contributed by atoms with Crippen LogP contribution in [-0.4, -0.2) is 34.2 Å². The van der Waals surface area contributed by atoms with Gasteiger partial charge in [0.15, 0.2) is 0 Å². The summed E-state index contributed by atoms with van der Waals surface area (Å²) in [4.78, 5) is 24.7. The van der Waals surface area contributed by atoms with Crippen molar-refractivity contribution in [1.29, 1.82) is 0 Å². The van der Waals surface area contributed by atoms with E-state index in [2.05, 4.69) is 15.7 Å². The van der Waals surface area contributed by atoms with Gasteiger partial charge in [0.1, 0.15) is 11.5 Å². The van der Waals surface area contributed by atoms with Crippen molar-refractivity contribution in [3.63, 3.8) is 0 Å². The van der Waals surface area contributed by atoms with Gasteiger partial charge in [-0.1, -0.05) is 29.8 Å². The van der Waals surface area contributed by atoms with Crippen molar-refractivity contribution in [3.05, 3.63) is 71.7 Å². The lowest BCUT2D eigenvalue weighted by atomic mass is 10.1. The number of rotatable bonds is 6. The lowest BCUT2D eigenvalue weighted by molar-refractivity contribution is -0.120. The van der Waals surface area contributed by atoms with Crippen LogP contribution in [0.2, 0.25) is 0 Å². The molecule has 1 saturated carbocycles. The summed E-state index contributed by atoms with van der Waals surface area (Å²) in [5, 5.41) is 10.1. The summed E-state index contributed by atoms with van der Waals surface area (Å²) in [6.45, 7) is 1.89. The lowest BCUT2D eigenvalue weighted by Crippen LogP contribution is -2.37. The van der Waals surface area contributed by atoms with Crippen LogP contribution in [0.3, 0.4) is 0 Å². The van der Waals surface area contributed by atoms with Crippen LogP contribution in [0.25, 0.3) is 16.9 Å². The number of aryl methyl sites for hydroxylation is 1. The molecule has 148 valence electrons. The number of hydrogen-bond donors (Lipinski definition) is 2. The summed E-state index contributed by atoms with van der Waals surface area (Å²) in [6, 6.07) is 13.8. The van der Waals surface area contributed by atoms with Gasteiger partial charge in [0.05, 0.1) is 17.8 Å². The van der Waals surface area contributed by atoms with E-state index in [0.717, 1.165) is 24.0 Å². The predicted octanol–water partition coefficient (Wildman–Crippen LogP) is 3.00. The van der Waals surface area contributed by atoms with E-state index in [1.165, 1.54) is 16.8 Å². The van der Waals surface area contributed by atoms with Gasteiger partial charge in [-0.15, -0.1) is 0 Å². The molecular formula is C22H21FN4O2. The molecule has 0 saturated heterocycles. The van der Waals surface area contributed by atoms with E-state index < -0.39 is 0 Å². The van der Waals surface area contributed by atoms with Crippen molar-refractivity contribution in [1.82, 2.24) is 20.4 Å². The molecule has 3 aromatic rings. The zero-order valence-corrected chi connectivity index (χ0v) is 16.0. The fraction of sp³-hybridized carbons (Fsp3) is 0.227. The monoisotopic (exact) mass is 392 g/mol. The highest BCUT2D eigenvalue weighted by molar-refractivity contribution is 6.01. The number of amides is 2. The quantitative estimate of drug-likeness (QED) is 0.677. The number of benzene rings is 2. The SMILES string of the molecule is Cc1ccc(-c2nn(-c3ccc(F)cc3)cc2C(=O)NCC(=O)NC2CC2)cc1. The summed E-state index contributed by atoms with van der Waals surface area (Å²) in [5.41, 5.74) is 3.34. The number of hydrogen-bond acceptors (Lipinski definition) is 3. The van der Waals surface area contributed by atoms with Crippen LogP contribution < -0.4 is 10.6 Å². The first-order valence-corrected chi connectivity index (χ1v) is 9.50. The van der Waals surface area contributed by atoms with E-state index in [4.69, 9.17) is 0 Å². The summed E-state index contributed by atoms with van der Waals surface area (Å²) < 4.78 is 14.8. The van der Waals surface area contributed by atoms with Gasteiger partial charge in [0.2, 0.25) is 5.91 Å². The Kier molecular flexibility index (Phi) is 5.12. The Hall–Kier alpha value is -3.48. The Morgan fingerprint density at radius 1 is 1.10 bits per heavy atom. The van der Waals surface area contributed by atoms with Crippen molar-refractivity contribution >= 4 is 11.8 Å². The second kappa shape index (κ2) is 7.87. The molecule has 1 heterocycles. The first-order valence-electron chi connectivity index (χ1n) is 9.50. The van der Waals surface area contributed by atoms with Crippen molar-refractivity contribution in [2.24, 2.45) is 0 Å². The van der Waals surface area contributed by atoms with Gasteiger partial charge in [-0.2, -0.15) is 5.10 Å². The Morgan fingerprint density at radius 3 is 2.45 bits per heavy atom. The number of nitrogens with one attached hydrogen (secondary N) is 2. The largest absolute Gasteiger partial charge is 0.352 e. The summed E-state index contributed by atoms with van der Waals surface area (Å²) >= 11 is 0. The molecule has 0 unspecified atom stereocenters. The molecule has 1 aliphatic carbocycles. The summed E-state index contributed by atoms with van der Waals surface area (Å²) in [5.74, 6) is -0.942. The molecule has 4 rings (SSSR count). The highest BCUT2D eigenvalue weighted by atomic mass is 19.1. The second-order valence-electron chi connectivity index (χ2n) is 7.20. The van der Waals surface area contributed by atoms with Crippen LogP contribution in [0.15, 0.2) is 54.7 Å². The van der Waals surface area contributed by atoms with Crippen LogP contribution >= 0.6 is 0 Å². The normalized spacial score (nSPS) is 13.2. The average Bonchev–Trinajstić information content (AvgIpc) is 3.41. The van der Waals surface area contributed by atoms with Gasteiger partial charge >= 0.3 is 0 Å². The lowest BCUT2D eigenvalue weighted by Gasteiger charge is -2.06. The van der Waals surface area contributed by atoms with Crippen LogP contribution in [0, 0.1) is 12.7 Å². The highest BCUT2D eigenvalue weighted by Gasteiger charge is 2.24. The molecule has 29 heavy (non-hydrogen) atoms. The highest BCUT2D eigenvalue weighted by Crippen LogP contribution is 2.24. The van der Waals surface area contributed by atoms with Gasteiger partial charge in [0.25, 0.3) is 5.91 Å². The number of aromatic nitrogens is 2. The molecule has 1 fully saturated rings. The third-order valence-electron chi connectivity index (χ3n) is 4.73. The Balaban J connectivity index is 1.62.